The minimum absolute atomic E-state index is 0.403. The molecular formula is C18H21NO3. The van der Waals surface area contributed by atoms with Crippen LogP contribution in [0.1, 0.15) is 13.8 Å². The second-order valence-electron chi connectivity index (χ2n) is 5.19. The average Bonchev–Trinajstić information content (AvgIpc) is 2.54. The molecular weight excluding hydrogens is 278 g/mol. The van der Waals surface area contributed by atoms with Crippen LogP contribution in [0, 0.1) is 5.92 Å². The Morgan fingerprint density at radius 3 is 2.23 bits per heavy atom. The second-order valence-corrected chi connectivity index (χ2v) is 5.19. The molecule has 1 atom stereocenters. The minimum atomic E-state index is -0.775. The van der Waals surface area contributed by atoms with Crippen molar-refractivity contribution in [3.63, 3.8) is 0 Å². The number of rotatable bonds is 7. The van der Waals surface area contributed by atoms with Crippen molar-refractivity contribution in [2.45, 2.75) is 13.8 Å². The summed E-state index contributed by atoms with van der Waals surface area (Å²) in [6.45, 7) is 4.99. The fraction of sp³-hybridized carbons (Fsp3) is 0.278. The minimum Gasteiger partial charge on any atom is -0.481 e. The second kappa shape index (κ2) is 7.50. The van der Waals surface area contributed by atoms with Gasteiger partial charge in [-0.2, -0.15) is 0 Å². The number of carbonyl (C=O) groups is 1. The highest BCUT2D eigenvalue weighted by Crippen LogP contribution is 2.24. The maximum absolute atomic E-state index is 11.0. The Morgan fingerprint density at radius 1 is 1.09 bits per heavy atom. The number of hydrogen-bond donors (Lipinski definition) is 1. The quantitative estimate of drug-likeness (QED) is 0.838. The zero-order chi connectivity index (χ0) is 15.9. The number of hydrogen-bond acceptors (Lipinski definition) is 3. The molecule has 2 rings (SSSR count). The molecule has 1 unspecified atom stereocenters. The predicted molar refractivity (Wildman–Crippen MR) is 87.6 cm³/mol. The van der Waals surface area contributed by atoms with E-state index in [0.717, 1.165) is 23.7 Å². The van der Waals surface area contributed by atoms with Crippen molar-refractivity contribution in [3.05, 3.63) is 54.6 Å². The molecule has 0 bridgehead atoms. The fourth-order valence-corrected chi connectivity index (χ4v) is 2.18. The lowest BCUT2D eigenvalue weighted by molar-refractivity contribution is -0.140. The van der Waals surface area contributed by atoms with Crippen molar-refractivity contribution in [1.82, 2.24) is 0 Å². The van der Waals surface area contributed by atoms with E-state index in [9.17, 15) is 4.79 Å². The van der Waals surface area contributed by atoms with Crippen LogP contribution in [-0.4, -0.2) is 24.2 Å². The molecule has 0 amide bonds. The van der Waals surface area contributed by atoms with E-state index in [-0.39, 0.29) is 0 Å². The molecule has 0 heterocycles. The molecule has 0 aromatic heterocycles. The van der Waals surface area contributed by atoms with Gasteiger partial charge in [-0.1, -0.05) is 25.1 Å². The Hall–Kier alpha value is -2.49. The van der Waals surface area contributed by atoms with Gasteiger partial charge in [0.15, 0.2) is 0 Å². The van der Waals surface area contributed by atoms with Gasteiger partial charge in [0.2, 0.25) is 0 Å². The molecule has 1 N–H and O–H groups in total. The summed E-state index contributed by atoms with van der Waals surface area (Å²) in [4.78, 5) is 13.0. The third-order valence-electron chi connectivity index (χ3n) is 3.48. The third-order valence-corrected chi connectivity index (χ3v) is 3.48. The van der Waals surface area contributed by atoms with Gasteiger partial charge in [0, 0.05) is 18.8 Å². The van der Waals surface area contributed by atoms with Crippen molar-refractivity contribution in [1.29, 1.82) is 0 Å². The molecule has 0 saturated carbocycles. The largest absolute Gasteiger partial charge is 0.481 e. The number of ether oxygens (including phenoxy) is 1. The van der Waals surface area contributed by atoms with Gasteiger partial charge >= 0.3 is 5.97 Å². The summed E-state index contributed by atoms with van der Waals surface area (Å²) in [5.74, 6) is 0.377. The molecule has 4 heteroatoms. The molecule has 0 aliphatic heterocycles. The van der Waals surface area contributed by atoms with E-state index in [0.29, 0.717) is 6.54 Å². The first-order valence-electron chi connectivity index (χ1n) is 7.41. The highest BCUT2D eigenvalue weighted by molar-refractivity contribution is 5.70. The summed E-state index contributed by atoms with van der Waals surface area (Å²) in [6, 6.07) is 17.3. The van der Waals surface area contributed by atoms with Crippen LogP contribution in [0.5, 0.6) is 11.5 Å². The number of aliphatic carboxylic acids is 1. The zero-order valence-electron chi connectivity index (χ0n) is 12.9. The van der Waals surface area contributed by atoms with Gasteiger partial charge in [0.05, 0.1) is 5.92 Å². The molecule has 0 fully saturated rings. The number of nitrogens with zero attached hydrogens (tertiary/aromatic N) is 1. The SMILES string of the molecule is CCN(CC(C)C(=O)O)c1ccc(Oc2ccccc2)cc1. The molecule has 0 saturated heterocycles. The lowest BCUT2D eigenvalue weighted by Crippen LogP contribution is -2.31. The zero-order valence-corrected chi connectivity index (χ0v) is 12.9. The summed E-state index contributed by atoms with van der Waals surface area (Å²) < 4.78 is 5.75. The van der Waals surface area contributed by atoms with Gasteiger partial charge in [0.1, 0.15) is 11.5 Å². The first-order chi connectivity index (χ1) is 10.6. The van der Waals surface area contributed by atoms with Gasteiger partial charge in [0.25, 0.3) is 0 Å². The number of anilines is 1. The van der Waals surface area contributed by atoms with Crippen LogP contribution < -0.4 is 9.64 Å². The van der Waals surface area contributed by atoms with E-state index in [1.807, 2.05) is 66.4 Å². The summed E-state index contributed by atoms with van der Waals surface area (Å²) in [5.41, 5.74) is 0.996. The molecule has 4 nitrogen and oxygen atoms in total. The summed E-state index contributed by atoms with van der Waals surface area (Å²) in [7, 11) is 0. The number of benzene rings is 2. The van der Waals surface area contributed by atoms with E-state index in [2.05, 4.69) is 0 Å². The summed E-state index contributed by atoms with van der Waals surface area (Å²) in [6.07, 6.45) is 0. The third kappa shape index (κ3) is 4.25. The topological polar surface area (TPSA) is 49.8 Å². The molecule has 0 spiro atoms. The van der Waals surface area contributed by atoms with Crippen molar-refractivity contribution >= 4 is 11.7 Å². The van der Waals surface area contributed by atoms with Crippen molar-refractivity contribution in [2.75, 3.05) is 18.0 Å². The van der Waals surface area contributed by atoms with Crippen LogP contribution in [0.4, 0.5) is 5.69 Å². The van der Waals surface area contributed by atoms with E-state index < -0.39 is 11.9 Å². The normalized spacial score (nSPS) is 11.7. The highest BCUT2D eigenvalue weighted by Gasteiger charge is 2.15. The molecule has 0 aliphatic carbocycles. The van der Waals surface area contributed by atoms with Crippen molar-refractivity contribution in [2.24, 2.45) is 5.92 Å². The van der Waals surface area contributed by atoms with Gasteiger partial charge in [-0.15, -0.1) is 0 Å². The molecule has 0 aliphatic rings. The standard InChI is InChI=1S/C18H21NO3/c1-3-19(13-14(2)18(20)21)15-9-11-17(12-10-15)22-16-7-5-4-6-8-16/h4-12,14H,3,13H2,1-2H3,(H,20,21). The highest BCUT2D eigenvalue weighted by atomic mass is 16.5. The number of carboxylic acid groups (broad SMARTS) is 1. The molecule has 2 aromatic rings. The maximum atomic E-state index is 11.0. The van der Waals surface area contributed by atoms with Crippen LogP contribution in [0.2, 0.25) is 0 Å². The van der Waals surface area contributed by atoms with Gasteiger partial charge in [-0.05, 0) is 43.3 Å². The Kier molecular flexibility index (Phi) is 5.42. The number of para-hydroxylation sites is 1. The van der Waals surface area contributed by atoms with Crippen molar-refractivity contribution in [3.8, 4) is 11.5 Å². The molecule has 0 radical (unpaired) electrons. The van der Waals surface area contributed by atoms with Crippen LogP contribution in [0.15, 0.2) is 54.6 Å². The molecule has 22 heavy (non-hydrogen) atoms. The monoisotopic (exact) mass is 299 g/mol. The van der Waals surface area contributed by atoms with Gasteiger partial charge in [-0.3, -0.25) is 4.79 Å². The van der Waals surface area contributed by atoms with Gasteiger partial charge < -0.3 is 14.7 Å². The summed E-state index contributed by atoms with van der Waals surface area (Å²) in [5, 5.41) is 9.03. The Labute approximate surface area is 131 Å². The van der Waals surface area contributed by atoms with Crippen molar-refractivity contribution < 1.29 is 14.6 Å². The van der Waals surface area contributed by atoms with E-state index in [4.69, 9.17) is 9.84 Å². The maximum Gasteiger partial charge on any atom is 0.308 e. The fourth-order valence-electron chi connectivity index (χ4n) is 2.18. The van der Waals surface area contributed by atoms with E-state index >= 15 is 0 Å². The lowest BCUT2D eigenvalue weighted by atomic mass is 10.1. The Balaban J connectivity index is 2.05. The first kappa shape index (κ1) is 15.9. The average molecular weight is 299 g/mol. The van der Waals surface area contributed by atoms with Crippen LogP contribution in [-0.2, 0) is 4.79 Å². The predicted octanol–water partition coefficient (Wildman–Crippen LogP) is 4.03. The van der Waals surface area contributed by atoms with Crippen LogP contribution >= 0.6 is 0 Å². The van der Waals surface area contributed by atoms with Crippen LogP contribution in [0.25, 0.3) is 0 Å². The number of carboxylic acids is 1. The van der Waals surface area contributed by atoms with Crippen LogP contribution in [0.3, 0.4) is 0 Å². The summed E-state index contributed by atoms with van der Waals surface area (Å²) >= 11 is 0. The Morgan fingerprint density at radius 2 is 1.68 bits per heavy atom. The lowest BCUT2D eigenvalue weighted by Gasteiger charge is -2.25. The van der Waals surface area contributed by atoms with Gasteiger partial charge in [-0.25, -0.2) is 0 Å². The molecule has 116 valence electrons. The van der Waals surface area contributed by atoms with E-state index in [1.54, 1.807) is 6.92 Å². The molecule has 2 aromatic carbocycles. The van der Waals surface area contributed by atoms with E-state index in [1.165, 1.54) is 0 Å². The first-order valence-corrected chi connectivity index (χ1v) is 7.41. The Bertz CT molecular complexity index is 595. The smallest absolute Gasteiger partial charge is 0.308 e.